The van der Waals surface area contributed by atoms with Crippen molar-refractivity contribution >= 4 is 33.4 Å². The van der Waals surface area contributed by atoms with Crippen LogP contribution in [-0.2, 0) is 6.42 Å². The number of hydrogen-bond acceptors (Lipinski definition) is 2. The van der Waals surface area contributed by atoms with E-state index in [0.717, 1.165) is 12.0 Å². The molecule has 0 aliphatic carbocycles. The molecule has 19 heavy (non-hydrogen) atoms. The highest BCUT2D eigenvalue weighted by Gasteiger charge is 2.06. The predicted octanol–water partition coefficient (Wildman–Crippen LogP) is 3.47. The van der Waals surface area contributed by atoms with Crippen molar-refractivity contribution in [2.75, 3.05) is 6.54 Å². The Hall–Kier alpha value is -1.39. The Morgan fingerprint density at radius 3 is 2.63 bits per heavy atom. The maximum Gasteiger partial charge on any atom is 0.269 e. The van der Waals surface area contributed by atoms with Crippen LogP contribution in [0.15, 0.2) is 47.1 Å². The van der Waals surface area contributed by atoms with Gasteiger partial charge in [-0.25, -0.2) is 4.98 Å². The van der Waals surface area contributed by atoms with Gasteiger partial charge in [-0.15, -0.1) is 0 Å². The lowest BCUT2D eigenvalue weighted by molar-refractivity contribution is 0.0949. The lowest BCUT2D eigenvalue weighted by Gasteiger charge is -2.05. The number of carbonyl (C=O) groups is 1. The number of aromatic nitrogens is 1. The summed E-state index contributed by atoms with van der Waals surface area (Å²) in [5.41, 5.74) is 1.54. The third-order valence-corrected chi connectivity index (χ3v) is 3.25. The normalized spacial score (nSPS) is 10.2. The molecular formula is C14H12BrClN2O. The first-order valence-electron chi connectivity index (χ1n) is 5.80. The molecule has 1 aromatic heterocycles. The number of carbonyl (C=O) groups excluding carboxylic acids is 1. The average Bonchev–Trinajstić information content (AvgIpc) is 2.41. The van der Waals surface area contributed by atoms with E-state index in [9.17, 15) is 4.79 Å². The Bertz CT molecular complexity index is 572. The molecule has 1 aromatic carbocycles. The maximum absolute atomic E-state index is 11.8. The van der Waals surface area contributed by atoms with Crippen molar-refractivity contribution in [3.05, 3.63) is 63.3 Å². The van der Waals surface area contributed by atoms with E-state index in [1.807, 2.05) is 24.3 Å². The van der Waals surface area contributed by atoms with Crippen molar-refractivity contribution in [1.29, 1.82) is 0 Å². The summed E-state index contributed by atoms with van der Waals surface area (Å²) in [4.78, 5) is 15.9. The molecule has 0 spiro atoms. The molecule has 2 rings (SSSR count). The van der Waals surface area contributed by atoms with Gasteiger partial charge in [-0.05, 0) is 52.2 Å². The third-order valence-electron chi connectivity index (χ3n) is 2.56. The second-order valence-electron chi connectivity index (χ2n) is 3.98. The van der Waals surface area contributed by atoms with Crippen LogP contribution in [-0.4, -0.2) is 17.4 Å². The number of halogens is 2. The Balaban J connectivity index is 1.86. The SMILES string of the molecule is O=C(NCCc1ccc(Cl)cc1)c1cccc(Br)n1. The molecule has 0 aliphatic rings. The first-order valence-corrected chi connectivity index (χ1v) is 6.97. The predicted molar refractivity (Wildman–Crippen MR) is 79.4 cm³/mol. The highest BCUT2D eigenvalue weighted by atomic mass is 79.9. The molecule has 0 unspecified atom stereocenters. The molecule has 0 saturated carbocycles. The summed E-state index contributed by atoms with van der Waals surface area (Å²) in [7, 11) is 0. The zero-order valence-corrected chi connectivity index (χ0v) is 12.4. The lowest BCUT2D eigenvalue weighted by Crippen LogP contribution is -2.26. The monoisotopic (exact) mass is 338 g/mol. The molecule has 1 heterocycles. The van der Waals surface area contributed by atoms with Crippen molar-refractivity contribution in [1.82, 2.24) is 10.3 Å². The van der Waals surface area contributed by atoms with Gasteiger partial charge in [0.15, 0.2) is 0 Å². The largest absolute Gasteiger partial charge is 0.350 e. The minimum atomic E-state index is -0.171. The van der Waals surface area contributed by atoms with Gasteiger partial charge < -0.3 is 5.32 Å². The molecule has 0 radical (unpaired) electrons. The Labute approximate surface area is 125 Å². The van der Waals surface area contributed by atoms with Crippen LogP contribution in [0.25, 0.3) is 0 Å². The third kappa shape index (κ3) is 4.33. The molecule has 0 fully saturated rings. The minimum absolute atomic E-state index is 0.171. The van der Waals surface area contributed by atoms with Gasteiger partial charge in [0.05, 0.1) is 0 Å². The molecule has 1 amide bonds. The number of benzene rings is 1. The zero-order valence-electron chi connectivity index (χ0n) is 10.1. The van der Waals surface area contributed by atoms with E-state index in [1.165, 1.54) is 0 Å². The highest BCUT2D eigenvalue weighted by Crippen LogP contribution is 2.10. The van der Waals surface area contributed by atoms with Gasteiger partial charge in [-0.3, -0.25) is 4.79 Å². The van der Waals surface area contributed by atoms with Crippen LogP contribution in [0.3, 0.4) is 0 Å². The van der Waals surface area contributed by atoms with Crippen LogP contribution in [0.2, 0.25) is 5.02 Å². The minimum Gasteiger partial charge on any atom is -0.350 e. The molecular weight excluding hydrogens is 328 g/mol. The van der Waals surface area contributed by atoms with Gasteiger partial charge in [0.1, 0.15) is 10.3 Å². The summed E-state index contributed by atoms with van der Waals surface area (Å²) < 4.78 is 0.651. The van der Waals surface area contributed by atoms with Crippen LogP contribution in [0, 0.1) is 0 Å². The zero-order chi connectivity index (χ0) is 13.7. The lowest BCUT2D eigenvalue weighted by atomic mass is 10.1. The number of nitrogens with one attached hydrogen (secondary N) is 1. The van der Waals surface area contributed by atoms with Crippen molar-refractivity contribution in [2.24, 2.45) is 0 Å². The summed E-state index contributed by atoms with van der Waals surface area (Å²) in [6.07, 6.45) is 0.761. The first-order chi connectivity index (χ1) is 9.15. The number of amides is 1. The fourth-order valence-electron chi connectivity index (χ4n) is 1.60. The summed E-state index contributed by atoms with van der Waals surface area (Å²) in [5.74, 6) is -0.171. The van der Waals surface area contributed by atoms with Gasteiger partial charge >= 0.3 is 0 Å². The molecule has 98 valence electrons. The van der Waals surface area contributed by atoms with Crippen molar-refractivity contribution < 1.29 is 4.79 Å². The summed E-state index contributed by atoms with van der Waals surface area (Å²) in [5, 5.41) is 3.55. The molecule has 1 N–H and O–H groups in total. The van der Waals surface area contributed by atoms with Crippen molar-refractivity contribution in [3.63, 3.8) is 0 Å². The molecule has 0 atom stereocenters. The molecule has 0 bridgehead atoms. The van der Waals surface area contributed by atoms with Crippen molar-refractivity contribution in [3.8, 4) is 0 Å². The van der Waals surface area contributed by atoms with E-state index in [0.29, 0.717) is 21.9 Å². The van der Waals surface area contributed by atoms with E-state index in [1.54, 1.807) is 18.2 Å². The summed E-state index contributed by atoms with van der Waals surface area (Å²) >= 11 is 9.05. The highest BCUT2D eigenvalue weighted by molar-refractivity contribution is 9.10. The number of hydrogen-bond donors (Lipinski definition) is 1. The molecule has 0 saturated heterocycles. The van der Waals surface area contributed by atoms with E-state index < -0.39 is 0 Å². The van der Waals surface area contributed by atoms with Crippen LogP contribution >= 0.6 is 27.5 Å². The van der Waals surface area contributed by atoms with Gasteiger partial charge in [0.25, 0.3) is 5.91 Å². The second kappa shape index (κ2) is 6.68. The van der Waals surface area contributed by atoms with Gasteiger partial charge in [-0.2, -0.15) is 0 Å². The van der Waals surface area contributed by atoms with Crippen LogP contribution in [0.5, 0.6) is 0 Å². The Kier molecular flexibility index (Phi) is 4.93. The maximum atomic E-state index is 11.8. The van der Waals surface area contributed by atoms with Gasteiger partial charge in [0.2, 0.25) is 0 Å². The fourth-order valence-corrected chi connectivity index (χ4v) is 2.07. The first kappa shape index (κ1) is 14.0. The summed E-state index contributed by atoms with van der Waals surface area (Å²) in [6, 6.07) is 12.8. The molecule has 2 aromatic rings. The Morgan fingerprint density at radius 1 is 1.21 bits per heavy atom. The molecule has 3 nitrogen and oxygen atoms in total. The van der Waals surface area contributed by atoms with E-state index >= 15 is 0 Å². The smallest absolute Gasteiger partial charge is 0.269 e. The van der Waals surface area contributed by atoms with E-state index in [2.05, 4.69) is 26.2 Å². The van der Waals surface area contributed by atoms with Gasteiger partial charge in [0, 0.05) is 11.6 Å². The molecule has 5 heteroatoms. The number of rotatable bonds is 4. The van der Waals surface area contributed by atoms with E-state index in [4.69, 9.17) is 11.6 Å². The van der Waals surface area contributed by atoms with Gasteiger partial charge in [-0.1, -0.05) is 29.8 Å². The number of nitrogens with zero attached hydrogens (tertiary/aromatic N) is 1. The molecule has 0 aliphatic heterocycles. The van der Waals surface area contributed by atoms with E-state index in [-0.39, 0.29) is 5.91 Å². The average molecular weight is 340 g/mol. The van der Waals surface area contributed by atoms with Crippen molar-refractivity contribution in [2.45, 2.75) is 6.42 Å². The fraction of sp³-hybridized carbons (Fsp3) is 0.143. The Morgan fingerprint density at radius 2 is 1.95 bits per heavy atom. The second-order valence-corrected chi connectivity index (χ2v) is 5.23. The standard InChI is InChI=1S/C14H12BrClN2O/c15-13-3-1-2-12(18-13)14(19)17-9-8-10-4-6-11(16)7-5-10/h1-7H,8-9H2,(H,17,19). The topological polar surface area (TPSA) is 42.0 Å². The number of pyridine rings is 1. The van der Waals surface area contributed by atoms with Crippen LogP contribution < -0.4 is 5.32 Å². The van der Waals surface area contributed by atoms with Crippen LogP contribution in [0.1, 0.15) is 16.1 Å². The van der Waals surface area contributed by atoms with Crippen LogP contribution in [0.4, 0.5) is 0 Å². The summed E-state index contributed by atoms with van der Waals surface area (Å²) in [6.45, 7) is 0.564. The quantitative estimate of drug-likeness (QED) is 0.867.